The maximum atomic E-state index is 12.3. The summed E-state index contributed by atoms with van der Waals surface area (Å²) in [5.74, 6) is 0.314. The van der Waals surface area contributed by atoms with Crippen molar-refractivity contribution in [1.29, 1.82) is 0 Å². The normalized spacial score (nSPS) is 18.2. The number of carbonyl (C=O) groups is 2. The maximum Gasteiger partial charge on any atom is 0.416 e. The smallest absolute Gasteiger partial charge is 0.416 e. The van der Waals surface area contributed by atoms with Crippen molar-refractivity contribution in [2.24, 2.45) is 5.92 Å². The van der Waals surface area contributed by atoms with Crippen molar-refractivity contribution in [1.82, 2.24) is 4.90 Å². The summed E-state index contributed by atoms with van der Waals surface area (Å²) in [6.45, 7) is 4.46. The van der Waals surface area contributed by atoms with Gasteiger partial charge < -0.3 is 4.74 Å². The van der Waals surface area contributed by atoms with Crippen LogP contribution in [-0.2, 0) is 16.0 Å². The van der Waals surface area contributed by atoms with E-state index in [0.717, 1.165) is 5.56 Å². The summed E-state index contributed by atoms with van der Waals surface area (Å²) in [6.07, 6.45) is 5.18. The predicted molar refractivity (Wildman–Crippen MR) is 85.3 cm³/mol. The van der Waals surface area contributed by atoms with E-state index in [1.165, 1.54) is 4.90 Å². The van der Waals surface area contributed by atoms with Crippen LogP contribution in [0.1, 0.15) is 32.3 Å². The Morgan fingerprint density at radius 3 is 2.77 bits per heavy atom. The Kier molecular flexibility index (Phi) is 5.75. The molecule has 0 spiro atoms. The second-order valence-electron chi connectivity index (χ2n) is 5.90. The van der Waals surface area contributed by atoms with E-state index in [1.54, 1.807) is 0 Å². The van der Waals surface area contributed by atoms with Gasteiger partial charge in [-0.15, -0.1) is 0 Å². The van der Waals surface area contributed by atoms with Gasteiger partial charge in [0.25, 0.3) is 0 Å². The van der Waals surface area contributed by atoms with Crippen molar-refractivity contribution < 1.29 is 14.3 Å². The molecular formula is C18H23NO3. The molecule has 4 nitrogen and oxygen atoms in total. The first-order valence-corrected chi connectivity index (χ1v) is 7.77. The van der Waals surface area contributed by atoms with Crippen LogP contribution in [-0.4, -0.2) is 29.5 Å². The number of hydrogen-bond donors (Lipinski definition) is 0. The van der Waals surface area contributed by atoms with Gasteiger partial charge in [-0.1, -0.05) is 56.3 Å². The minimum absolute atomic E-state index is 0.156. The van der Waals surface area contributed by atoms with Crippen molar-refractivity contribution in [3.8, 4) is 0 Å². The van der Waals surface area contributed by atoms with Crippen molar-refractivity contribution in [2.75, 3.05) is 6.61 Å². The van der Waals surface area contributed by atoms with E-state index in [2.05, 4.69) is 19.9 Å². The van der Waals surface area contributed by atoms with Crippen LogP contribution in [0, 0.1) is 5.92 Å². The van der Waals surface area contributed by atoms with E-state index in [0.29, 0.717) is 25.2 Å². The van der Waals surface area contributed by atoms with Gasteiger partial charge in [0.15, 0.2) is 0 Å². The quantitative estimate of drug-likeness (QED) is 0.755. The average molecular weight is 301 g/mol. The molecule has 4 heteroatoms. The van der Waals surface area contributed by atoms with E-state index < -0.39 is 6.09 Å². The number of benzene rings is 1. The molecule has 1 heterocycles. The topological polar surface area (TPSA) is 46.6 Å². The van der Waals surface area contributed by atoms with Gasteiger partial charge in [-0.3, -0.25) is 4.79 Å². The lowest BCUT2D eigenvalue weighted by molar-refractivity contribution is -0.129. The summed E-state index contributed by atoms with van der Waals surface area (Å²) < 4.78 is 5.06. The summed E-state index contributed by atoms with van der Waals surface area (Å²) in [7, 11) is 0. The number of ether oxygens (including phenoxy) is 1. The Balaban J connectivity index is 1.94. The summed E-state index contributed by atoms with van der Waals surface area (Å²) in [6, 6.07) is 9.65. The van der Waals surface area contributed by atoms with E-state index in [9.17, 15) is 9.59 Å². The molecule has 2 rings (SSSR count). The SMILES string of the molecule is CC(C)/C=C/CCC(=O)N1C(=O)OCC1Cc1ccccc1. The Morgan fingerprint density at radius 2 is 2.09 bits per heavy atom. The van der Waals surface area contributed by atoms with Gasteiger partial charge in [0.2, 0.25) is 5.91 Å². The molecule has 0 radical (unpaired) electrons. The predicted octanol–water partition coefficient (Wildman–Crippen LogP) is 3.57. The number of allylic oxidation sites excluding steroid dienone is 2. The van der Waals surface area contributed by atoms with Gasteiger partial charge in [0.1, 0.15) is 6.61 Å². The van der Waals surface area contributed by atoms with Crippen LogP contribution in [0.5, 0.6) is 0 Å². The highest BCUT2D eigenvalue weighted by Gasteiger charge is 2.37. The fourth-order valence-electron chi connectivity index (χ4n) is 2.50. The van der Waals surface area contributed by atoms with E-state index in [4.69, 9.17) is 4.74 Å². The molecule has 1 aliphatic heterocycles. The molecule has 118 valence electrons. The molecule has 2 amide bonds. The molecule has 0 saturated carbocycles. The first kappa shape index (κ1) is 16.3. The van der Waals surface area contributed by atoms with Gasteiger partial charge in [-0.05, 0) is 24.3 Å². The van der Waals surface area contributed by atoms with Crippen molar-refractivity contribution >= 4 is 12.0 Å². The lowest BCUT2D eigenvalue weighted by Crippen LogP contribution is -2.40. The Labute approximate surface area is 131 Å². The molecule has 1 fully saturated rings. The van der Waals surface area contributed by atoms with Gasteiger partial charge in [-0.2, -0.15) is 0 Å². The van der Waals surface area contributed by atoms with E-state index >= 15 is 0 Å². The highest BCUT2D eigenvalue weighted by molar-refractivity contribution is 5.93. The molecule has 0 aliphatic carbocycles. The zero-order valence-electron chi connectivity index (χ0n) is 13.2. The van der Waals surface area contributed by atoms with E-state index in [-0.39, 0.29) is 18.6 Å². The Morgan fingerprint density at radius 1 is 1.36 bits per heavy atom. The molecule has 1 atom stereocenters. The summed E-state index contributed by atoms with van der Waals surface area (Å²) in [5, 5.41) is 0. The van der Waals surface area contributed by atoms with Crippen LogP contribution >= 0.6 is 0 Å². The summed E-state index contributed by atoms with van der Waals surface area (Å²) in [4.78, 5) is 25.4. The highest BCUT2D eigenvalue weighted by Crippen LogP contribution is 2.19. The van der Waals surface area contributed by atoms with Crippen LogP contribution in [0.15, 0.2) is 42.5 Å². The van der Waals surface area contributed by atoms with Crippen LogP contribution in [0.2, 0.25) is 0 Å². The number of nitrogens with zero attached hydrogens (tertiary/aromatic N) is 1. The van der Waals surface area contributed by atoms with Gasteiger partial charge in [0.05, 0.1) is 6.04 Å². The number of cyclic esters (lactones) is 1. The monoisotopic (exact) mass is 301 g/mol. The lowest BCUT2D eigenvalue weighted by Gasteiger charge is -2.19. The third-order valence-corrected chi connectivity index (χ3v) is 3.59. The van der Waals surface area contributed by atoms with Crippen LogP contribution in [0.3, 0.4) is 0 Å². The number of hydrogen-bond acceptors (Lipinski definition) is 3. The second-order valence-corrected chi connectivity index (χ2v) is 5.90. The number of carbonyl (C=O) groups excluding carboxylic acids is 2. The zero-order valence-corrected chi connectivity index (χ0v) is 13.2. The van der Waals surface area contributed by atoms with Gasteiger partial charge in [0, 0.05) is 6.42 Å². The largest absolute Gasteiger partial charge is 0.447 e. The zero-order chi connectivity index (χ0) is 15.9. The summed E-state index contributed by atoms with van der Waals surface area (Å²) in [5.41, 5.74) is 1.10. The van der Waals surface area contributed by atoms with Gasteiger partial charge in [-0.25, -0.2) is 9.69 Å². The number of imide groups is 1. The molecule has 1 unspecified atom stereocenters. The molecule has 0 aromatic heterocycles. The maximum absolute atomic E-state index is 12.3. The Hall–Kier alpha value is -2.10. The third kappa shape index (κ3) is 4.45. The minimum Gasteiger partial charge on any atom is -0.447 e. The second kappa shape index (κ2) is 7.78. The van der Waals surface area contributed by atoms with Crippen molar-refractivity contribution in [2.45, 2.75) is 39.2 Å². The molecule has 0 N–H and O–H groups in total. The van der Waals surface area contributed by atoms with Crippen molar-refractivity contribution in [3.05, 3.63) is 48.0 Å². The fourth-order valence-corrected chi connectivity index (χ4v) is 2.50. The Bertz CT molecular complexity index is 537. The number of rotatable bonds is 6. The number of amides is 2. The molecule has 0 bridgehead atoms. The summed E-state index contributed by atoms with van der Waals surface area (Å²) >= 11 is 0. The lowest BCUT2D eigenvalue weighted by atomic mass is 10.1. The van der Waals surface area contributed by atoms with Crippen LogP contribution in [0.25, 0.3) is 0 Å². The van der Waals surface area contributed by atoms with Crippen LogP contribution in [0.4, 0.5) is 4.79 Å². The third-order valence-electron chi connectivity index (χ3n) is 3.59. The van der Waals surface area contributed by atoms with E-state index in [1.807, 2.05) is 36.4 Å². The average Bonchev–Trinajstić information content (AvgIpc) is 2.85. The minimum atomic E-state index is -0.515. The van der Waals surface area contributed by atoms with Crippen molar-refractivity contribution in [3.63, 3.8) is 0 Å². The fraction of sp³-hybridized carbons (Fsp3) is 0.444. The molecule has 1 aliphatic rings. The standard InChI is InChI=1S/C18H23NO3/c1-14(2)8-6-7-11-17(20)19-16(13-22-18(19)21)12-15-9-4-3-5-10-15/h3-6,8-10,14,16H,7,11-13H2,1-2H3/b8-6+. The molecule has 1 saturated heterocycles. The highest BCUT2D eigenvalue weighted by atomic mass is 16.6. The van der Waals surface area contributed by atoms with Gasteiger partial charge >= 0.3 is 6.09 Å². The molecule has 22 heavy (non-hydrogen) atoms. The molecule has 1 aromatic rings. The molecule has 1 aromatic carbocycles. The first-order valence-electron chi connectivity index (χ1n) is 7.77. The first-order chi connectivity index (χ1) is 10.6. The van der Waals surface area contributed by atoms with Crippen LogP contribution < -0.4 is 0 Å². The molecular weight excluding hydrogens is 278 g/mol.